The maximum atomic E-state index is 11.1. The zero-order valence-electron chi connectivity index (χ0n) is 17.6. The molecule has 0 atom stereocenters. The Kier molecular flexibility index (Phi) is 6.10. The summed E-state index contributed by atoms with van der Waals surface area (Å²) >= 11 is 0. The van der Waals surface area contributed by atoms with E-state index in [2.05, 4.69) is 37.3 Å². The molecule has 2 aromatic carbocycles. The Hall–Kier alpha value is -2.78. The lowest BCUT2D eigenvalue weighted by Gasteiger charge is -2.36. The molecular weight excluding hydrogens is 370 g/mol. The average molecular weight is 400 g/mol. The molecule has 0 bridgehead atoms. The van der Waals surface area contributed by atoms with Gasteiger partial charge in [0.15, 0.2) is 0 Å². The summed E-state index contributed by atoms with van der Waals surface area (Å²) in [6, 6.07) is 18.5. The Morgan fingerprint density at radius 1 is 1.00 bits per heavy atom. The molecule has 0 spiro atoms. The van der Waals surface area contributed by atoms with E-state index in [4.69, 9.17) is 4.98 Å². The predicted octanol–water partition coefficient (Wildman–Crippen LogP) is 6.03. The van der Waals surface area contributed by atoms with Crippen molar-refractivity contribution in [2.45, 2.75) is 57.5 Å². The first kappa shape index (κ1) is 20.5. The van der Waals surface area contributed by atoms with Gasteiger partial charge in [-0.15, -0.1) is 0 Å². The highest BCUT2D eigenvalue weighted by molar-refractivity contribution is 5.83. The minimum absolute atomic E-state index is 0.429. The molecule has 30 heavy (non-hydrogen) atoms. The van der Waals surface area contributed by atoms with Crippen LogP contribution in [-0.4, -0.2) is 22.0 Å². The van der Waals surface area contributed by atoms with Gasteiger partial charge in [0.2, 0.25) is 0 Å². The number of nitrogens with zero attached hydrogens (tertiary/aromatic N) is 1. The third-order valence-electron chi connectivity index (χ3n) is 6.33. The molecule has 3 aromatic rings. The molecule has 1 aromatic heterocycles. The van der Waals surface area contributed by atoms with Crippen molar-refractivity contribution < 1.29 is 9.90 Å². The summed E-state index contributed by atoms with van der Waals surface area (Å²) in [5.41, 5.74) is 6.92. The summed E-state index contributed by atoms with van der Waals surface area (Å²) in [5, 5.41) is 10.4. The molecule has 1 heterocycles. The van der Waals surface area contributed by atoms with Crippen molar-refractivity contribution in [2.24, 2.45) is 0 Å². The Bertz CT molecular complexity index is 1000. The smallest absolute Gasteiger partial charge is 0.150 e. The van der Waals surface area contributed by atoms with E-state index in [0.29, 0.717) is 5.56 Å². The minimum Gasteiger partial charge on any atom is -0.390 e. The third kappa shape index (κ3) is 4.52. The molecule has 1 aliphatic rings. The van der Waals surface area contributed by atoms with Crippen LogP contribution in [0.5, 0.6) is 0 Å². The number of benzene rings is 2. The quantitative estimate of drug-likeness (QED) is 0.471. The molecule has 0 unspecified atom stereocenters. The number of hydrogen-bond donors (Lipinski definition) is 1. The Balaban J connectivity index is 1.64. The average Bonchev–Trinajstić information content (AvgIpc) is 2.78. The number of aliphatic hydroxyl groups is 1. The van der Waals surface area contributed by atoms with Crippen LogP contribution in [0.15, 0.2) is 60.8 Å². The lowest BCUT2D eigenvalue weighted by molar-refractivity contribution is -0.0414. The number of rotatable bonds is 8. The van der Waals surface area contributed by atoms with Crippen LogP contribution < -0.4 is 0 Å². The molecule has 1 saturated carbocycles. The molecule has 3 nitrogen and oxygen atoms in total. The number of pyridine rings is 1. The molecule has 0 radical (unpaired) electrons. The summed E-state index contributed by atoms with van der Waals surface area (Å²) in [6.45, 7) is 2.15. The molecular formula is C27H29NO2. The van der Waals surface area contributed by atoms with Crippen LogP contribution in [-0.2, 0) is 12.8 Å². The normalized spacial score (nSPS) is 14.9. The topological polar surface area (TPSA) is 50.2 Å². The number of carbonyl (C=O) groups excluding carboxylic acids is 1. The molecule has 0 saturated heterocycles. The lowest BCUT2D eigenvalue weighted by Crippen LogP contribution is -2.36. The van der Waals surface area contributed by atoms with Crippen LogP contribution in [0.1, 0.15) is 60.5 Å². The van der Waals surface area contributed by atoms with Gasteiger partial charge < -0.3 is 5.11 Å². The summed E-state index contributed by atoms with van der Waals surface area (Å²) in [5.74, 6) is 0. The maximum Gasteiger partial charge on any atom is 0.150 e. The fraction of sp³-hybridized carbons (Fsp3) is 0.333. The number of aldehydes is 1. The van der Waals surface area contributed by atoms with Crippen molar-refractivity contribution in [3.8, 4) is 22.4 Å². The standard InChI is InChI=1S/C27H29NO2/c1-2-20-6-12-24(13-7-20)26-25(23-10-8-21(19-29)9-11-23)17-22(18-28-26)5-3-14-27(30)15-4-16-27/h6-13,17-19,30H,2-5,14-16H2,1H3. The van der Waals surface area contributed by atoms with Crippen LogP contribution >= 0.6 is 0 Å². The van der Waals surface area contributed by atoms with Crippen molar-refractivity contribution in [3.05, 3.63) is 77.5 Å². The molecule has 0 aliphatic heterocycles. The van der Waals surface area contributed by atoms with Gasteiger partial charge in [-0.25, -0.2) is 0 Å². The first-order chi connectivity index (χ1) is 14.6. The third-order valence-corrected chi connectivity index (χ3v) is 6.33. The number of aromatic nitrogens is 1. The first-order valence-corrected chi connectivity index (χ1v) is 11.0. The van der Waals surface area contributed by atoms with E-state index < -0.39 is 5.60 Å². The van der Waals surface area contributed by atoms with Gasteiger partial charge in [0.25, 0.3) is 0 Å². The second kappa shape index (κ2) is 8.93. The fourth-order valence-electron chi connectivity index (χ4n) is 4.19. The van der Waals surface area contributed by atoms with Crippen LogP contribution in [0, 0.1) is 0 Å². The molecule has 1 N–H and O–H groups in total. The number of aryl methyl sites for hydroxylation is 2. The zero-order valence-corrected chi connectivity index (χ0v) is 17.6. The highest BCUT2D eigenvalue weighted by atomic mass is 16.3. The molecule has 4 rings (SSSR count). The first-order valence-electron chi connectivity index (χ1n) is 11.0. The summed E-state index contributed by atoms with van der Waals surface area (Å²) in [4.78, 5) is 15.9. The van der Waals surface area contributed by atoms with E-state index in [1.165, 1.54) is 11.1 Å². The number of carbonyl (C=O) groups is 1. The van der Waals surface area contributed by atoms with Crippen LogP contribution in [0.4, 0.5) is 0 Å². The van der Waals surface area contributed by atoms with Crippen molar-refractivity contribution in [2.75, 3.05) is 0 Å². The van der Waals surface area contributed by atoms with E-state index >= 15 is 0 Å². The Morgan fingerprint density at radius 3 is 2.30 bits per heavy atom. The summed E-state index contributed by atoms with van der Waals surface area (Å²) in [7, 11) is 0. The van der Waals surface area contributed by atoms with Gasteiger partial charge in [-0.05, 0) is 67.7 Å². The zero-order chi connectivity index (χ0) is 21.0. The molecule has 1 aliphatic carbocycles. The number of hydrogen-bond acceptors (Lipinski definition) is 3. The maximum absolute atomic E-state index is 11.1. The summed E-state index contributed by atoms with van der Waals surface area (Å²) < 4.78 is 0. The minimum atomic E-state index is -0.429. The van der Waals surface area contributed by atoms with Gasteiger partial charge in [-0.2, -0.15) is 0 Å². The Morgan fingerprint density at radius 2 is 1.70 bits per heavy atom. The highest BCUT2D eigenvalue weighted by Crippen LogP contribution is 2.36. The van der Waals surface area contributed by atoms with Crippen molar-refractivity contribution in [1.29, 1.82) is 0 Å². The van der Waals surface area contributed by atoms with E-state index in [-0.39, 0.29) is 0 Å². The largest absolute Gasteiger partial charge is 0.390 e. The Labute approximate surface area is 178 Å². The van der Waals surface area contributed by atoms with E-state index in [0.717, 1.165) is 73.6 Å². The van der Waals surface area contributed by atoms with Crippen molar-refractivity contribution in [3.63, 3.8) is 0 Å². The highest BCUT2D eigenvalue weighted by Gasteiger charge is 2.33. The van der Waals surface area contributed by atoms with Gasteiger partial charge in [0, 0.05) is 22.9 Å². The van der Waals surface area contributed by atoms with Gasteiger partial charge in [-0.3, -0.25) is 9.78 Å². The van der Waals surface area contributed by atoms with Crippen LogP contribution in [0.2, 0.25) is 0 Å². The predicted molar refractivity (Wildman–Crippen MR) is 122 cm³/mol. The molecule has 154 valence electrons. The fourth-order valence-corrected chi connectivity index (χ4v) is 4.19. The molecule has 1 fully saturated rings. The van der Waals surface area contributed by atoms with Gasteiger partial charge in [-0.1, -0.05) is 55.5 Å². The SMILES string of the molecule is CCc1ccc(-c2ncc(CCCC3(O)CCC3)cc2-c2ccc(C=O)cc2)cc1. The van der Waals surface area contributed by atoms with E-state index in [9.17, 15) is 9.90 Å². The second-order valence-corrected chi connectivity index (χ2v) is 8.46. The lowest BCUT2D eigenvalue weighted by atomic mass is 9.76. The monoisotopic (exact) mass is 399 g/mol. The van der Waals surface area contributed by atoms with Crippen LogP contribution in [0.3, 0.4) is 0 Å². The van der Waals surface area contributed by atoms with Crippen LogP contribution in [0.25, 0.3) is 22.4 Å². The van der Waals surface area contributed by atoms with Crippen molar-refractivity contribution >= 4 is 6.29 Å². The van der Waals surface area contributed by atoms with Gasteiger partial charge >= 0.3 is 0 Å². The second-order valence-electron chi connectivity index (χ2n) is 8.46. The molecule has 3 heteroatoms. The van der Waals surface area contributed by atoms with Gasteiger partial charge in [0.1, 0.15) is 6.29 Å². The molecule has 0 amide bonds. The summed E-state index contributed by atoms with van der Waals surface area (Å²) in [6.07, 6.45) is 9.60. The van der Waals surface area contributed by atoms with E-state index in [1.54, 1.807) is 0 Å². The van der Waals surface area contributed by atoms with Crippen molar-refractivity contribution in [1.82, 2.24) is 4.98 Å². The van der Waals surface area contributed by atoms with Gasteiger partial charge in [0.05, 0.1) is 11.3 Å². The van der Waals surface area contributed by atoms with E-state index in [1.807, 2.05) is 30.5 Å².